The zero-order chi connectivity index (χ0) is 5.54. The molecule has 0 aliphatic heterocycles. The van der Waals surface area contributed by atoms with Crippen LogP contribution in [0.25, 0.3) is 5.32 Å². The van der Waals surface area contributed by atoms with Gasteiger partial charge in [-0.1, -0.05) is 26.2 Å². The van der Waals surface area contributed by atoms with Crippen LogP contribution in [0.3, 0.4) is 0 Å². The largest absolute Gasteiger partial charge is 1.00 e. The molecule has 0 aliphatic carbocycles. The van der Waals surface area contributed by atoms with Crippen LogP contribution in [0.1, 0.15) is 26.2 Å². The van der Waals surface area contributed by atoms with Gasteiger partial charge in [-0.05, 0) is 0 Å². The third kappa shape index (κ3) is 10.6. The van der Waals surface area contributed by atoms with Crippen molar-refractivity contribution in [3.63, 3.8) is 0 Å². The Hall–Kier alpha value is 1.60. The van der Waals surface area contributed by atoms with Gasteiger partial charge in [0.15, 0.2) is 0 Å². The molecule has 1 nitrogen and oxygen atoms in total. The molecule has 0 aliphatic rings. The van der Waals surface area contributed by atoms with E-state index in [-0.39, 0.29) is 51.4 Å². The minimum absolute atomic E-state index is 0. The average molecular weight is 139 g/mol. The Morgan fingerprint density at radius 1 is 1.25 bits per heavy atom. The van der Waals surface area contributed by atoms with Crippen LogP contribution in [0.5, 0.6) is 0 Å². The summed E-state index contributed by atoms with van der Waals surface area (Å²) in [4.78, 5) is 0. The number of hydrogen-bond donors (Lipinski definition) is 0. The van der Waals surface area contributed by atoms with Crippen LogP contribution in [0, 0.1) is 0 Å². The Kier molecular flexibility index (Phi) is 17.5. The van der Waals surface area contributed by atoms with E-state index in [1.807, 2.05) is 7.05 Å². The first-order valence-corrected chi connectivity index (χ1v) is 2.97. The Morgan fingerprint density at radius 2 is 1.88 bits per heavy atom. The fraction of sp³-hybridized carbons (Fsp3) is 1.00. The summed E-state index contributed by atoms with van der Waals surface area (Å²) in [7, 11) is 1.87. The molecule has 0 saturated heterocycles. The molecule has 0 fully saturated rings. The molecule has 8 heavy (non-hydrogen) atoms. The standard InChI is InChI=1S/C6H14N.K/c1-3-4-5-6-7-2;/h3-6H2,1-2H3;/q-1;+1. The van der Waals surface area contributed by atoms with E-state index in [4.69, 9.17) is 0 Å². The summed E-state index contributed by atoms with van der Waals surface area (Å²) in [5.41, 5.74) is 0. The van der Waals surface area contributed by atoms with Gasteiger partial charge in [0, 0.05) is 0 Å². The predicted molar refractivity (Wildman–Crippen MR) is 33.7 cm³/mol. The molecule has 2 heteroatoms. The van der Waals surface area contributed by atoms with Gasteiger partial charge in [-0.3, -0.25) is 0 Å². The fourth-order valence-electron chi connectivity index (χ4n) is 0.520. The van der Waals surface area contributed by atoms with Gasteiger partial charge in [-0.2, -0.15) is 7.05 Å². The summed E-state index contributed by atoms with van der Waals surface area (Å²) >= 11 is 0. The van der Waals surface area contributed by atoms with Crippen LogP contribution in [0.2, 0.25) is 0 Å². The maximum atomic E-state index is 3.97. The first kappa shape index (κ1) is 12.3. The van der Waals surface area contributed by atoms with E-state index < -0.39 is 0 Å². The second kappa shape index (κ2) is 11.4. The molecular weight excluding hydrogens is 125 g/mol. The third-order valence-electron chi connectivity index (χ3n) is 0.985. The van der Waals surface area contributed by atoms with Crippen LogP contribution in [0.15, 0.2) is 0 Å². The molecule has 0 rings (SSSR count). The van der Waals surface area contributed by atoms with Crippen molar-refractivity contribution in [3.05, 3.63) is 5.32 Å². The van der Waals surface area contributed by atoms with E-state index in [1.54, 1.807) is 0 Å². The summed E-state index contributed by atoms with van der Waals surface area (Å²) < 4.78 is 0. The number of nitrogens with zero attached hydrogens (tertiary/aromatic N) is 1. The topological polar surface area (TPSA) is 14.1 Å². The van der Waals surface area contributed by atoms with Gasteiger partial charge in [-0.15, -0.1) is 6.54 Å². The van der Waals surface area contributed by atoms with E-state index in [0.717, 1.165) is 6.54 Å². The summed E-state index contributed by atoms with van der Waals surface area (Å²) in [6.45, 7) is 3.25. The molecule has 0 bridgehead atoms. The van der Waals surface area contributed by atoms with Crippen molar-refractivity contribution in [1.82, 2.24) is 0 Å². The van der Waals surface area contributed by atoms with Crippen LogP contribution in [-0.2, 0) is 0 Å². The van der Waals surface area contributed by atoms with Crippen molar-refractivity contribution in [1.29, 1.82) is 0 Å². The third-order valence-corrected chi connectivity index (χ3v) is 0.985. The van der Waals surface area contributed by atoms with Gasteiger partial charge in [0.25, 0.3) is 0 Å². The molecule has 0 atom stereocenters. The van der Waals surface area contributed by atoms with Gasteiger partial charge >= 0.3 is 51.4 Å². The minimum atomic E-state index is 0. The molecule has 0 aromatic heterocycles. The van der Waals surface area contributed by atoms with Crippen molar-refractivity contribution >= 4 is 0 Å². The molecule has 0 aromatic rings. The zero-order valence-corrected chi connectivity index (χ0v) is 9.40. The maximum absolute atomic E-state index is 3.97. The molecule has 0 spiro atoms. The van der Waals surface area contributed by atoms with Gasteiger partial charge in [-0.25, -0.2) is 0 Å². The Balaban J connectivity index is 0. The van der Waals surface area contributed by atoms with E-state index in [9.17, 15) is 0 Å². The number of hydrogen-bond acceptors (Lipinski definition) is 0. The Labute approximate surface area is 95.0 Å². The van der Waals surface area contributed by atoms with Crippen LogP contribution in [-0.4, -0.2) is 13.6 Å². The van der Waals surface area contributed by atoms with E-state index in [2.05, 4.69) is 12.2 Å². The van der Waals surface area contributed by atoms with Crippen LogP contribution < -0.4 is 51.4 Å². The summed E-state index contributed by atoms with van der Waals surface area (Å²) in [6.07, 6.45) is 3.90. The molecule has 0 radical (unpaired) electrons. The monoisotopic (exact) mass is 139 g/mol. The van der Waals surface area contributed by atoms with Gasteiger partial charge < -0.3 is 5.32 Å². The average Bonchev–Trinajstić information content (AvgIpc) is 1.69. The van der Waals surface area contributed by atoms with Gasteiger partial charge in [0.2, 0.25) is 0 Å². The Morgan fingerprint density at radius 3 is 2.25 bits per heavy atom. The first-order chi connectivity index (χ1) is 3.41. The molecule has 0 amide bonds. The van der Waals surface area contributed by atoms with Crippen molar-refractivity contribution < 1.29 is 51.4 Å². The summed E-state index contributed by atoms with van der Waals surface area (Å²) in [5.74, 6) is 0. The smallest absolute Gasteiger partial charge is 0.665 e. The predicted octanol–water partition coefficient (Wildman–Crippen LogP) is -0.816. The zero-order valence-electron chi connectivity index (χ0n) is 6.28. The normalized spacial score (nSPS) is 8.25. The van der Waals surface area contributed by atoms with Crippen LogP contribution >= 0.6 is 0 Å². The quantitative estimate of drug-likeness (QED) is 0.357. The Bertz CT molecular complexity index is 27.7. The van der Waals surface area contributed by atoms with E-state index >= 15 is 0 Å². The molecule has 44 valence electrons. The van der Waals surface area contributed by atoms with Crippen molar-refractivity contribution in [2.75, 3.05) is 13.6 Å². The molecule has 0 N–H and O–H groups in total. The molecule has 0 saturated carbocycles. The second-order valence-corrected chi connectivity index (χ2v) is 1.75. The molecule has 0 heterocycles. The first-order valence-electron chi connectivity index (χ1n) is 2.97. The van der Waals surface area contributed by atoms with Crippen molar-refractivity contribution in [3.8, 4) is 0 Å². The van der Waals surface area contributed by atoms with Gasteiger partial charge in [0.1, 0.15) is 0 Å². The maximum Gasteiger partial charge on any atom is 1.00 e. The summed E-state index contributed by atoms with van der Waals surface area (Å²) in [6, 6.07) is 0. The number of unbranched alkanes of at least 4 members (excludes halogenated alkanes) is 2. The van der Waals surface area contributed by atoms with Crippen LogP contribution in [0.4, 0.5) is 0 Å². The van der Waals surface area contributed by atoms with Crippen molar-refractivity contribution in [2.45, 2.75) is 26.2 Å². The molecule has 0 aromatic carbocycles. The van der Waals surface area contributed by atoms with E-state index in [0.29, 0.717) is 0 Å². The second-order valence-electron chi connectivity index (χ2n) is 1.75. The fourth-order valence-corrected chi connectivity index (χ4v) is 0.520. The molecular formula is C6H14KN. The number of rotatable bonds is 4. The SMILES string of the molecule is CCCCC[N-]C.[K+]. The minimum Gasteiger partial charge on any atom is -0.665 e. The van der Waals surface area contributed by atoms with Gasteiger partial charge in [0.05, 0.1) is 0 Å². The summed E-state index contributed by atoms with van der Waals surface area (Å²) in [5, 5.41) is 3.97. The molecule has 0 unspecified atom stereocenters. The van der Waals surface area contributed by atoms with Crippen molar-refractivity contribution in [2.24, 2.45) is 0 Å². The van der Waals surface area contributed by atoms with E-state index in [1.165, 1.54) is 19.3 Å².